The summed E-state index contributed by atoms with van der Waals surface area (Å²) in [7, 11) is 0. The van der Waals surface area contributed by atoms with Crippen molar-refractivity contribution < 1.29 is 9.84 Å². The van der Waals surface area contributed by atoms with Gasteiger partial charge in [-0.05, 0) is 24.2 Å². The van der Waals surface area contributed by atoms with Gasteiger partial charge in [0.05, 0.1) is 17.8 Å². The van der Waals surface area contributed by atoms with Crippen LogP contribution in [0.3, 0.4) is 0 Å². The van der Waals surface area contributed by atoms with E-state index in [1.54, 1.807) is 0 Å². The van der Waals surface area contributed by atoms with Gasteiger partial charge in [-0.25, -0.2) is 0 Å². The summed E-state index contributed by atoms with van der Waals surface area (Å²) in [4.78, 5) is 0. The third-order valence-electron chi connectivity index (χ3n) is 4.55. The van der Waals surface area contributed by atoms with E-state index in [0.717, 1.165) is 6.42 Å². The lowest BCUT2D eigenvalue weighted by molar-refractivity contribution is -0.324. The maximum Gasteiger partial charge on any atom is 0.0900 e. The lowest BCUT2D eigenvalue weighted by Gasteiger charge is -2.61. The molecule has 0 amide bonds. The van der Waals surface area contributed by atoms with Gasteiger partial charge in [-0.3, -0.25) is 0 Å². The molecule has 1 heterocycles. The molecule has 0 radical (unpaired) electrons. The van der Waals surface area contributed by atoms with Crippen LogP contribution in [-0.2, 0) is 4.74 Å². The quantitative estimate of drug-likeness (QED) is 0.616. The minimum atomic E-state index is -0.158. The van der Waals surface area contributed by atoms with E-state index in [1.165, 1.54) is 6.42 Å². The minimum absolute atomic E-state index is 0.113. The molecule has 1 N–H and O–H groups in total. The third kappa shape index (κ3) is 0.701. The average Bonchev–Trinajstić information content (AvgIpc) is 2.36. The van der Waals surface area contributed by atoms with Gasteiger partial charge in [0.25, 0.3) is 0 Å². The summed E-state index contributed by atoms with van der Waals surface area (Å²) in [5.74, 6) is 1.18. The Kier molecular flexibility index (Phi) is 1.24. The van der Waals surface area contributed by atoms with Crippen LogP contribution in [0.25, 0.3) is 0 Å². The molecule has 3 aliphatic rings. The Labute approximate surface area is 79.3 Å². The number of ether oxygens (including phenoxy) is 1. The summed E-state index contributed by atoms with van der Waals surface area (Å²) in [6.45, 7) is 6.78. The van der Waals surface area contributed by atoms with Crippen LogP contribution in [0.5, 0.6) is 0 Å². The van der Waals surface area contributed by atoms with Gasteiger partial charge in [-0.2, -0.15) is 0 Å². The molecular weight excluding hydrogens is 164 g/mol. The molecule has 3 rings (SSSR count). The number of hydrogen-bond acceptors (Lipinski definition) is 2. The second kappa shape index (κ2) is 1.96. The van der Waals surface area contributed by atoms with Crippen LogP contribution in [0.2, 0.25) is 0 Å². The Morgan fingerprint density at radius 2 is 2.08 bits per heavy atom. The van der Waals surface area contributed by atoms with Gasteiger partial charge >= 0.3 is 0 Å². The lowest BCUT2D eigenvalue weighted by atomic mass is 9.61. The zero-order chi connectivity index (χ0) is 9.43. The third-order valence-corrected chi connectivity index (χ3v) is 4.55. The van der Waals surface area contributed by atoms with Gasteiger partial charge in [0, 0.05) is 5.92 Å². The van der Waals surface area contributed by atoms with Crippen LogP contribution < -0.4 is 0 Å². The molecule has 13 heavy (non-hydrogen) atoms. The molecule has 2 bridgehead atoms. The molecule has 2 heteroatoms. The van der Waals surface area contributed by atoms with E-state index in [9.17, 15) is 5.11 Å². The Morgan fingerprint density at radius 1 is 1.38 bits per heavy atom. The highest BCUT2D eigenvalue weighted by atomic mass is 16.6. The van der Waals surface area contributed by atoms with E-state index in [0.29, 0.717) is 11.8 Å². The normalized spacial score (nSPS) is 58.2. The van der Waals surface area contributed by atoms with Crippen molar-refractivity contribution >= 4 is 0 Å². The van der Waals surface area contributed by atoms with Crippen molar-refractivity contribution in [3.05, 3.63) is 0 Å². The van der Waals surface area contributed by atoms with E-state index < -0.39 is 0 Å². The van der Waals surface area contributed by atoms with Crippen molar-refractivity contribution in [2.24, 2.45) is 17.3 Å². The van der Waals surface area contributed by atoms with Gasteiger partial charge < -0.3 is 9.84 Å². The maximum absolute atomic E-state index is 9.78. The van der Waals surface area contributed by atoms with E-state index in [-0.39, 0.29) is 23.2 Å². The molecule has 0 spiro atoms. The summed E-state index contributed by atoms with van der Waals surface area (Å²) in [6, 6.07) is 0. The highest BCUT2D eigenvalue weighted by Gasteiger charge is 2.73. The second-order valence-corrected chi connectivity index (χ2v) is 6.02. The second-order valence-electron chi connectivity index (χ2n) is 6.02. The fourth-order valence-electron chi connectivity index (χ4n) is 3.80. The van der Waals surface area contributed by atoms with Crippen molar-refractivity contribution in [1.29, 1.82) is 0 Å². The van der Waals surface area contributed by atoms with Gasteiger partial charge in [0.1, 0.15) is 0 Å². The van der Waals surface area contributed by atoms with Crippen molar-refractivity contribution in [2.75, 3.05) is 0 Å². The van der Waals surface area contributed by atoms with E-state index >= 15 is 0 Å². The van der Waals surface area contributed by atoms with Crippen LogP contribution in [0, 0.1) is 17.3 Å². The van der Waals surface area contributed by atoms with E-state index in [4.69, 9.17) is 4.74 Å². The molecule has 2 nitrogen and oxygen atoms in total. The Balaban J connectivity index is 1.95. The maximum atomic E-state index is 9.78. The Hall–Kier alpha value is -0.0800. The zero-order valence-electron chi connectivity index (χ0n) is 8.58. The van der Waals surface area contributed by atoms with Crippen LogP contribution in [0.1, 0.15) is 33.6 Å². The fourth-order valence-corrected chi connectivity index (χ4v) is 3.80. The number of rotatable bonds is 0. The van der Waals surface area contributed by atoms with Crippen LogP contribution >= 0.6 is 0 Å². The first-order chi connectivity index (χ1) is 5.96. The number of aliphatic hydroxyl groups excluding tert-OH is 1. The Morgan fingerprint density at radius 3 is 2.46 bits per heavy atom. The molecule has 0 unspecified atom stereocenters. The number of fused-ring (bicyclic) bond motifs is 1. The first-order valence-electron chi connectivity index (χ1n) is 5.31. The molecule has 0 aromatic carbocycles. The number of hydrogen-bond donors (Lipinski definition) is 1. The molecule has 0 aromatic heterocycles. The molecule has 3 fully saturated rings. The van der Waals surface area contributed by atoms with Crippen molar-refractivity contribution in [3.8, 4) is 0 Å². The SMILES string of the molecule is CC(C)(C)[C@]12C[C@@H]3C[C@H]1[C@H](O2)[C@H]3O. The van der Waals surface area contributed by atoms with Crippen molar-refractivity contribution in [2.45, 2.75) is 51.4 Å². The topological polar surface area (TPSA) is 29.5 Å². The van der Waals surface area contributed by atoms with Gasteiger partial charge in [0.15, 0.2) is 0 Å². The summed E-state index contributed by atoms with van der Waals surface area (Å²) in [5, 5.41) is 9.78. The molecule has 0 aromatic rings. The molecular formula is C11H18O2. The van der Waals surface area contributed by atoms with Crippen molar-refractivity contribution in [1.82, 2.24) is 0 Å². The van der Waals surface area contributed by atoms with Gasteiger partial charge in [-0.15, -0.1) is 0 Å². The fraction of sp³-hybridized carbons (Fsp3) is 1.00. The molecule has 2 saturated carbocycles. The summed E-state index contributed by atoms with van der Waals surface area (Å²) in [6.07, 6.45) is 2.30. The van der Waals surface area contributed by atoms with Gasteiger partial charge in [-0.1, -0.05) is 20.8 Å². The molecule has 5 atom stereocenters. The predicted octanol–water partition coefficient (Wildman–Crippen LogP) is 1.57. The molecule has 1 saturated heterocycles. The highest BCUT2D eigenvalue weighted by Crippen LogP contribution is 2.67. The summed E-state index contributed by atoms with van der Waals surface area (Å²) in [5.41, 5.74) is 0.352. The predicted molar refractivity (Wildman–Crippen MR) is 49.3 cm³/mol. The van der Waals surface area contributed by atoms with E-state index in [1.807, 2.05) is 0 Å². The van der Waals surface area contributed by atoms with Gasteiger partial charge in [0.2, 0.25) is 0 Å². The van der Waals surface area contributed by atoms with Crippen molar-refractivity contribution in [3.63, 3.8) is 0 Å². The zero-order valence-corrected chi connectivity index (χ0v) is 8.58. The average molecular weight is 182 g/mol. The largest absolute Gasteiger partial charge is 0.390 e. The first kappa shape index (κ1) is 8.25. The monoisotopic (exact) mass is 182 g/mol. The van der Waals surface area contributed by atoms with Crippen LogP contribution in [0.4, 0.5) is 0 Å². The van der Waals surface area contributed by atoms with Crippen LogP contribution in [-0.4, -0.2) is 22.9 Å². The smallest absolute Gasteiger partial charge is 0.0900 e. The standard InChI is InChI=1S/C11H18O2/c1-10(2,3)11-5-6-4-7(11)9(13-11)8(6)12/h6-9,12H,4-5H2,1-3H3/t6-,7-,8-,9-,11-/m0/s1. The van der Waals surface area contributed by atoms with E-state index in [2.05, 4.69) is 20.8 Å². The highest BCUT2D eigenvalue weighted by molar-refractivity contribution is 5.21. The molecule has 2 aliphatic carbocycles. The molecule has 1 aliphatic heterocycles. The summed E-state index contributed by atoms with van der Waals surface area (Å²) >= 11 is 0. The minimum Gasteiger partial charge on any atom is -0.390 e. The Bertz CT molecular complexity index is 253. The number of aliphatic hydroxyl groups is 1. The summed E-state index contributed by atoms with van der Waals surface area (Å²) < 4.78 is 5.94. The first-order valence-corrected chi connectivity index (χ1v) is 5.31. The lowest BCUT2D eigenvalue weighted by Crippen LogP contribution is -2.68. The van der Waals surface area contributed by atoms with Crippen LogP contribution in [0.15, 0.2) is 0 Å². The molecule has 74 valence electrons.